The van der Waals surface area contributed by atoms with E-state index in [-0.39, 0.29) is 23.8 Å². The van der Waals surface area contributed by atoms with Crippen molar-refractivity contribution in [2.75, 3.05) is 19.7 Å². The fourth-order valence-electron chi connectivity index (χ4n) is 3.87. The molecule has 0 aromatic carbocycles. The average molecular weight is 422 g/mol. The van der Waals surface area contributed by atoms with Crippen LogP contribution in [0.3, 0.4) is 0 Å². The summed E-state index contributed by atoms with van der Waals surface area (Å²) < 4.78 is 6.76. The third kappa shape index (κ3) is 3.54. The van der Waals surface area contributed by atoms with Gasteiger partial charge >= 0.3 is 5.97 Å². The number of aryl methyl sites for hydroxylation is 1. The first-order chi connectivity index (χ1) is 13.6. The van der Waals surface area contributed by atoms with Crippen LogP contribution < -0.4 is 4.90 Å². The molecule has 0 aliphatic carbocycles. The number of likely N-dealkylation sites (tertiary alicyclic amines) is 1. The molecule has 0 amide bonds. The summed E-state index contributed by atoms with van der Waals surface area (Å²) >= 11 is 3.21. The molecule has 28 heavy (non-hydrogen) atoms. The summed E-state index contributed by atoms with van der Waals surface area (Å²) in [5.41, 5.74) is 0. The first-order valence-corrected chi connectivity index (χ1v) is 11.4. The fraction of sp³-hybridized carbons (Fsp3) is 0.526. The Morgan fingerprint density at radius 2 is 2.21 bits per heavy atom. The molecule has 0 radical (unpaired) electrons. The van der Waals surface area contributed by atoms with Crippen molar-refractivity contribution in [1.82, 2.24) is 14.6 Å². The van der Waals surface area contributed by atoms with Crippen molar-refractivity contribution >= 4 is 33.6 Å². The Bertz CT molecular complexity index is 942. The van der Waals surface area contributed by atoms with Crippen molar-refractivity contribution < 1.29 is 19.5 Å². The van der Waals surface area contributed by atoms with Crippen LogP contribution in [0, 0.1) is 5.92 Å². The van der Waals surface area contributed by atoms with E-state index >= 15 is 0 Å². The van der Waals surface area contributed by atoms with Gasteiger partial charge in [-0.15, -0.1) is 16.4 Å². The first kappa shape index (κ1) is 19.4. The third-order valence-corrected chi connectivity index (χ3v) is 7.33. The lowest BCUT2D eigenvalue weighted by Crippen LogP contribution is -3.13. The number of nitrogens with zero attached hydrogens (tertiary/aromatic N) is 3. The van der Waals surface area contributed by atoms with Crippen molar-refractivity contribution in [3.8, 4) is 5.88 Å². The van der Waals surface area contributed by atoms with E-state index in [0.717, 1.165) is 48.0 Å². The van der Waals surface area contributed by atoms with E-state index in [1.54, 1.807) is 15.9 Å². The molecule has 1 aliphatic heterocycles. The van der Waals surface area contributed by atoms with E-state index in [2.05, 4.69) is 21.5 Å². The summed E-state index contributed by atoms with van der Waals surface area (Å²) in [4.78, 5) is 20.8. The molecule has 0 unspecified atom stereocenters. The largest absolute Gasteiger partial charge is 0.492 e. The van der Waals surface area contributed by atoms with Gasteiger partial charge in [0, 0.05) is 19.3 Å². The van der Waals surface area contributed by atoms with Crippen LogP contribution in [0.5, 0.6) is 5.88 Å². The zero-order chi connectivity index (χ0) is 19.7. The minimum absolute atomic E-state index is 0.0179. The molecular weight excluding hydrogens is 396 g/mol. The van der Waals surface area contributed by atoms with Crippen LogP contribution in [-0.4, -0.2) is 45.4 Å². The predicted molar refractivity (Wildman–Crippen MR) is 108 cm³/mol. The maximum Gasteiger partial charge on any atom is 0.309 e. The van der Waals surface area contributed by atoms with Gasteiger partial charge in [0.15, 0.2) is 11.9 Å². The molecule has 1 aliphatic rings. The Hall–Kier alpha value is -1.97. The van der Waals surface area contributed by atoms with Gasteiger partial charge in [0.2, 0.25) is 10.8 Å². The van der Waals surface area contributed by atoms with Crippen LogP contribution in [0.1, 0.15) is 48.3 Å². The third-order valence-electron chi connectivity index (χ3n) is 5.31. The van der Waals surface area contributed by atoms with E-state index in [0.29, 0.717) is 6.61 Å². The standard InChI is InChI=1S/C19H24N4O3S2/c1-3-14-20-19-23(21-14)17(24)16(28-19)15(13-6-5-11-27-13)22-9-7-12(8-10-22)18(25)26-4-2/h5-6,11-12,15,24H,3-4,7-10H2,1-2H3/p+1/t15-/m1/s1. The van der Waals surface area contributed by atoms with Crippen LogP contribution in [0.15, 0.2) is 17.5 Å². The van der Waals surface area contributed by atoms with Gasteiger partial charge in [0.05, 0.1) is 30.5 Å². The van der Waals surface area contributed by atoms with Gasteiger partial charge in [0.1, 0.15) is 4.88 Å². The molecule has 9 heteroatoms. The van der Waals surface area contributed by atoms with Gasteiger partial charge in [0.25, 0.3) is 0 Å². The first-order valence-electron chi connectivity index (χ1n) is 9.74. The molecule has 4 heterocycles. The molecule has 0 spiro atoms. The second kappa shape index (κ2) is 8.18. The highest BCUT2D eigenvalue weighted by Gasteiger charge is 2.37. The number of fused-ring (bicyclic) bond motifs is 1. The van der Waals surface area contributed by atoms with Gasteiger partial charge in [-0.25, -0.2) is 4.98 Å². The maximum atomic E-state index is 12.1. The minimum Gasteiger partial charge on any atom is -0.492 e. The lowest BCUT2D eigenvalue weighted by molar-refractivity contribution is -0.930. The van der Waals surface area contributed by atoms with Crippen LogP contribution in [0.25, 0.3) is 4.96 Å². The zero-order valence-electron chi connectivity index (χ0n) is 16.1. The highest BCUT2D eigenvalue weighted by Crippen LogP contribution is 2.36. The predicted octanol–water partition coefficient (Wildman–Crippen LogP) is 2.07. The topological polar surface area (TPSA) is 81.2 Å². The van der Waals surface area contributed by atoms with Crippen LogP contribution in [0.2, 0.25) is 0 Å². The van der Waals surface area contributed by atoms with Crippen molar-refractivity contribution in [3.05, 3.63) is 33.1 Å². The van der Waals surface area contributed by atoms with E-state index in [1.807, 2.05) is 19.9 Å². The minimum atomic E-state index is -0.0806. The second-order valence-corrected chi connectivity index (χ2v) is 8.99. The van der Waals surface area contributed by atoms with Gasteiger partial charge < -0.3 is 14.7 Å². The number of esters is 1. The average Bonchev–Trinajstić information content (AvgIpc) is 3.42. The number of ether oxygens (including phenoxy) is 1. The van der Waals surface area contributed by atoms with Crippen molar-refractivity contribution in [3.63, 3.8) is 0 Å². The summed E-state index contributed by atoms with van der Waals surface area (Å²) in [5.74, 6) is 0.827. The number of thiophene rings is 1. The Balaban J connectivity index is 1.62. The number of thiazole rings is 1. The number of quaternary nitrogens is 1. The number of rotatable bonds is 6. The lowest BCUT2D eigenvalue weighted by atomic mass is 9.95. The lowest BCUT2D eigenvalue weighted by Gasteiger charge is -2.33. The SMILES string of the molecule is CCOC(=O)C1CC[NH+]([C@H](c2cccs2)c2sc3nc(CC)nn3c2O)CC1. The molecule has 3 aromatic rings. The number of nitrogens with one attached hydrogen (secondary N) is 1. The number of piperidine rings is 1. The molecule has 2 N–H and O–H groups in total. The normalized spacial score (nSPS) is 21.1. The molecular formula is C19H25N4O3S2+. The van der Waals surface area contributed by atoms with Gasteiger partial charge in [-0.2, -0.15) is 4.52 Å². The monoisotopic (exact) mass is 421 g/mol. The highest BCUT2D eigenvalue weighted by atomic mass is 32.1. The smallest absolute Gasteiger partial charge is 0.309 e. The maximum absolute atomic E-state index is 12.1. The molecule has 1 saturated heterocycles. The molecule has 0 bridgehead atoms. The summed E-state index contributed by atoms with van der Waals surface area (Å²) in [6.45, 7) is 6.00. The highest BCUT2D eigenvalue weighted by molar-refractivity contribution is 7.17. The van der Waals surface area contributed by atoms with E-state index in [9.17, 15) is 9.90 Å². The molecule has 3 aromatic heterocycles. The van der Waals surface area contributed by atoms with Crippen LogP contribution in [0.4, 0.5) is 0 Å². The van der Waals surface area contributed by atoms with Gasteiger partial charge in [-0.1, -0.05) is 24.3 Å². The Kier molecular flexibility index (Phi) is 5.65. The van der Waals surface area contributed by atoms with Gasteiger partial charge in [-0.3, -0.25) is 4.79 Å². The van der Waals surface area contributed by atoms with Crippen molar-refractivity contribution in [2.24, 2.45) is 5.92 Å². The number of aromatic hydroxyl groups is 1. The molecule has 1 fully saturated rings. The van der Waals surface area contributed by atoms with E-state index in [4.69, 9.17) is 4.74 Å². The number of aromatic nitrogens is 3. The van der Waals surface area contributed by atoms with Gasteiger partial charge in [-0.05, 0) is 18.4 Å². The molecule has 150 valence electrons. The van der Waals surface area contributed by atoms with E-state index < -0.39 is 0 Å². The number of hydrogen-bond acceptors (Lipinski definition) is 7. The Morgan fingerprint density at radius 3 is 2.82 bits per heavy atom. The fourth-order valence-corrected chi connectivity index (χ4v) is 5.99. The molecule has 4 rings (SSSR count). The summed E-state index contributed by atoms with van der Waals surface area (Å²) in [6, 6.07) is 4.19. The Labute approximate surface area is 171 Å². The summed E-state index contributed by atoms with van der Waals surface area (Å²) in [6.07, 6.45) is 2.35. The number of carbonyl (C=O) groups is 1. The summed E-state index contributed by atoms with van der Waals surface area (Å²) in [5, 5.41) is 17.4. The van der Waals surface area contributed by atoms with Crippen molar-refractivity contribution in [2.45, 2.75) is 39.2 Å². The number of hydrogen-bond donors (Lipinski definition) is 2. The summed E-state index contributed by atoms with van der Waals surface area (Å²) in [7, 11) is 0. The number of carbonyl (C=O) groups excluding carboxylic acids is 1. The second-order valence-electron chi connectivity index (χ2n) is 7.00. The molecule has 0 saturated carbocycles. The quantitative estimate of drug-likeness (QED) is 0.596. The molecule has 1 atom stereocenters. The van der Waals surface area contributed by atoms with Crippen LogP contribution >= 0.6 is 22.7 Å². The Morgan fingerprint density at radius 1 is 1.43 bits per heavy atom. The van der Waals surface area contributed by atoms with Crippen molar-refractivity contribution in [1.29, 1.82) is 0 Å². The van der Waals surface area contributed by atoms with E-state index in [1.165, 1.54) is 21.1 Å². The zero-order valence-corrected chi connectivity index (χ0v) is 17.7. The van der Waals surface area contributed by atoms with Crippen LogP contribution in [-0.2, 0) is 16.0 Å². The molecule has 7 nitrogen and oxygen atoms in total.